The number of imide groups is 1. The quantitative estimate of drug-likeness (QED) is 0.566. The Morgan fingerprint density at radius 3 is 2.50 bits per heavy atom. The van der Waals surface area contributed by atoms with Crippen molar-refractivity contribution in [1.29, 1.82) is 0 Å². The third-order valence-electron chi connectivity index (χ3n) is 6.46. The minimum atomic E-state index is -3.35. The number of hydrogen-bond acceptors (Lipinski definition) is 5. The van der Waals surface area contributed by atoms with Crippen molar-refractivity contribution in [1.82, 2.24) is 10.2 Å². The van der Waals surface area contributed by atoms with Crippen LogP contribution in [0.3, 0.4) is 0 Å². The molecule has 30 heavy (non-hydrogen) atoms. The maximum Gasteiger partial charge on any atom is 0.325 e. The lowest BCUT2D eigenvalue weighted by Gasteiger charge is -2.24. The number of nitrogens with zero attached hydrogens (tertiary/aromatic N) is 2. The van der Waals surface area contributed by atoms with Gasteiger partial charge in [0.25, 0.3) is 5.91 Å². The van der Waals surface area contributed by atoms with Crippen LogP contribution in [0.1, 0.15) is 61.4 Å². The van der Waals surface area contributed by atoms with E-state index in [1.165, 1.54) is 4.31 Å². The Morgan fingerprint density at radius 1 is 1.13 bits per heavy atom. The topological polar surface area (TPSA) is 104 Å². The predicted molar refractivity (Wildman–Crippen MR) is 112 cm³/mol. The third kappa shape index (κ3) is 3.49. The third-order valence-corrected chi connectivity index (χ3v) is 8.24. The number of hydrogen-bond donors (Lipinski definition) is 1. The molecule has 0 bridgehead atoms. The maximum atomic E-state index is 13.0. The molecule has 8 nitrogen and oxygen atoms in total. The average molecular weight is 434 g/mol. The summed E-state index contributed by atoms with van der Waals surface area (Å²) < 4.78 is 25.8. The standard InChI is InChI=1S/C21H27N3O5S/c1-2-30(28,29)24-12-9-15-13-16(7-8-17(15)24)18(25)14-23-19(26)21(22-20(23)27)10-5-3-4-6-11-21/h7-8,13H,2-6,9-12,14H2,1H3,(H,22,27). The van der Waals surface area contributed by atoms with Crippen LogP contribution in [0.2, 0.25) is 0 Å². The summed E-state index contributed by atoms with van der Waals surface area (Å²) in [4.78, 5) is 39.4. The second-order valence-electron chi connectivity index (χ2n) is 8.31. The van der Waals surface area contributed by atoms with Crippen LogP contribution in [0.15, 0.2) is 18.2 Å². The molecular weight excluding hydrogens is 406 g/mol. The number of rotatable bonds is 5. The molecule has 1 aliphatic carbocycles. The Morgan fingerprint density at radius 2 is 1.83 bits per heavy atom. The van der Waals surface area contributed by atoms with E-state index in [4.69, 9.17) is 0 Å². The highest BCUT2D eigenvalue weighted by atomic mass is 32.2. The lowest BCUT2D eigenvalue weighted by atomic mass is 9.90. The number of amides is 3. The number of carbonyl (C=O) groups excluding carboxylic acids is 3. The molecule has 9 heteroatoms. The lowest BCUT2D eigenvalue weighted by molar-refractivity contribution is -0.131. The SMILES string of the molecule is CCS(=O)(=O)N1CCc2cc(C(=O)CN3C(=O)NC4(CCCCCC4)C3=O)ccc21. The summed E-state index contributed by atoms with van der Waals surface area (Å²) >= 11 is 0. The number of nitrogens with one attached hydrogen (secondary N) is 1. The van der Waals surface area contributed by atoms with Gasteiger partial charge in [-0.25, -0.2) is 13.2 Å². The van der Waals surface area contributed by atoms with Gasteiger partial charge in [0, 0.05) is 12.1 Å². The van der Waals surface area contributed by atoms with E-state index < -0.39 is 21.6 Å². The number of Topliss-reactive ketones (excluding diaryl/α,β-unsaturated/α-hetero) is 1. The maximum absolute atomic E-state index is 13.0. The van der Waals surface area contributed by atoms with E-state index >= 15 is 0 Å². The molecule has 0 unspecified atom stereocenters. The molecule has 1 saturated heterocycles. The minimum Gasteiger partial charge on any atom is -0.323 e. The first-order valence-electron chi connectivity index (χ1n) is 10.6. The van der Waals surface area contributed by atoms with Crippen LogP contribution in [0.5, 0.6) is 0 Å². The van der Waals surface area contributed by atoms with Crippen molar-refractivity contribution in [3.63, 3.8) is 0 Å². The molecule has 162 valence electrons. The molecule has 1 aromatic carbocycles. The van der Waals surface area contributed by atoms with Gasteiger partial charge < -0.3 is 5.32 Å². The Kier molecular flexibility index (Phi) is 5.34. The van der Waals surface area contributed by atoms with Gasteiger partial charge in [0.15, 0.2) is 5.78 Å². The first-order chi connectivity index (χ1) is 14.3. The largest absolute Gasteiger partial charge is 0.325 e. The smallest absolute Gasteiger partial charge is 0.323 e. The summed E-state index contributed by atoms with van der Waals surface area (Å²) in [6, 6.07) is 4.39. The second kappa shape index (κ2) is 7.68. The highest BCUT2D eigenvalue weighted by Crippen LogP contribution is 2.34. The van der Waals surface area contributed by atoms with Crippen molar-refractivity contribution >= 4 is 33.4 Å². The fourth-order valence-electron chi connectivity index (χ4n) is 4.72. The number of benzene rings is 1. The zero-order chi connectivity index (χ0) is 21.5. The molecule has 4 rings (SSSR count). The molecule has 2 aliphatic heterocycles. The van der Waals surface area contributed by atoms with Crippen LogP contribution in [0, 0.1) is 0 Å². The monoisotopic (exact) mass is 433 g/mol. The van der Waals surface area contributed by atoms with E-state index in [-0.39, 0.29) is 24.0 Å². The van der Waals surface area contributed by atoms with Gasteiger partial charge in [0.2, 0.25) is 10.0 Å². The van der Waals surface area contributed by atoms with E-state index in [1.807, 2.05) is 0 Å². The van der Waals surface area contributed by atoms with Gasteiger partial charge in [-0.05, 0) is 49.9 Å². The van der Waals surface area contributed by atoms with E-state index in [9.17, 15) is 22.8 Å². The number of fused-ring (bicyclic) bond motifs is 1. The molecule has 2 heterocycles. The summed E-state index contributed by atoms with van der Waals surface area (Å²) in [5.74, 6) is -0.617. The highest BCUT2D eigenvalue weighted by Gasteiger charge is 2.51. The fourth-order valence-corrected chi connectivity index (χ4v) is 5.87. The van der Waals surface area contributed by atoms with Crippen LogP contribution in [-0.4, -0.2) is 55.4 Å². The van der Waals surface area contributed by atoms with Gasteiger partial charge in [0.05, 0.1) is 18.0 Å². The summed E-state index contributed by atoms with van der Waals surface area (Å²) in [5.41, 5.74) is 0.906. The van der Waals surface area contributed by atoms with Gasteiger partial charge in [-0.2, -0.15) is 0 Å². The molecule has 0 atom stereocenters. The molecule has 0 radical (unpaired) electrons. The molecular formula is C21H27N3O5S. The van der Waals surface area contributed by atoms with Crippen LogP contribution in [0.4, 0.5) is 10.5 Å². The van der Waals surface area contributed by atoms with Crippen molar-refractivity contribution in [2.75, 3.05) is 23.1 Å². The summed E-state index contributed by atoms with van der Waals surface area (Å²) in [7, 11) is -3.35. The molecule has 1 spiro atoms. The van der Waals surface area contributed by atoms with Gasteiger partial charge >= 0.3 is 6.03 Å². The van der Waals surface area contributed by atoms with E-state index in [0.717, 1.165) is 36.1 Å². The van der Waals surface area contributed by atoms with Gasteiger partial charge in [-0.3, -0.25) is 18.8 Å². The Labute approximate surface area is 176 Å². The molecule has 2 fully saturated rings. The molecule has 1 N–H and O–H groups in total. The van der Waals surface area contributed by atoms with Crippen molar-refractivity contribution < 1.29 is 22.8 Å². The van der Waals surface area contributed by atoms with Gasteiger partial charge in [-0.15, -0.1) is 0 Å². The number of carbonyl (C=O) groups is 3. The summed E-state index contributed by atoms with van der Waals surface area (Å²) in [6.45, 7) is 1.66. The van der Waals surface area contributed by atoms with E-state index in [1.54, 1.807) is 25.1 Å². The van der Waals surface area contributed by atoms with Crippen LogP contribution in [-0.2, 0) is 21.2 Å². The molecule has 3 amide bonds. The summed E-state index contributed by atoms with van der Waals surface area (Å²) in [6.07, 6.45) is 5.62. The lowest BCUT2D eigenvalue weighted by Crippen LogP contribution is -2.46. The molecule has 1 aromatic rings. The zero-order valence-corrected chi connectivity index (χ0v) is 18.0. The predicted octanol–water partition coefficient (Wildman–Crippen LogP) is 2.23. The zero-order valence-electron chi connectivity index (χ0n) is 17.1. The van der Waals surface area contributed by atoms with E-state index in [2.05, 4.69) is 5.32 Å². The Bertz CT molecular complexity index is 996. The van der Waals surface area contributed by atoms with Crippen LogP contribution in [0.25, 0.3) is 0 Å². The molecule has 1 saturated carbocycles. The summed E-state index contributed by atoms with van der Waals surface area (Å²) in [5, 5.41) is 2.85. The second-order valence-corrected chi connectivity index (χ2v) is 10.5. The molecule has 3 aliphatic rings. The fraction of sp³-hybridized carbons (Fsp3) is 0.571. The number of anilines is 1. The molecule has 0 aromatic heterocycles. The average Bonchev–Trinajstić information content (AvgIpc) is 3.14. The van der Waals surface area contributed by atoms with Crippen LogP contribution < -0.4 is 9.62 Å². The number of ketones is 1. The van der Waals surface area contributed by atoms with Crippen molar-refractivity contribution in [3.05, 3.63) is 29.3 Å². The number of urea groups is 1. The van der Waals surface area contributed by atoms with E-state index in [0.29, 0.717) is 37.1 Å². The Hall–Kier alpha value is -2.42. The van der Waals surface area contributed by atoms with Crippen molar-refractivity contribution in [3.8, 4) is 0 Å². The van der Waals surface area contributed by atoms with Gasteiger partial charge in [-0.1, -0.05) is 25.7 Å². The van der Waals surface area contributed by atoms with Crippen LogP contribution >= 0.6 is 0 Å². The minimum absolute atomic E-state index is 0.0149. The van der Waals surface area contributed by atoms with Crippen molar-refractivity contribution in [2.45, 2.75) is 57.4 Å². The van der Waals surface area contributed by atoms with Gasteiger partial charge in [0.1, 0.15) is 5.54 Å². The number of sulfonamides is 1. The van der Waals surface area contributed by atoms with Crippen molar-refractivity contribution in [2.24, 2.45) is 0 Å². The Balaban J connectivity index is 1.51. The first-order valence-corrected chi connectivity index (χ1v) is 12.2. The normalized spacial score (nSPS) is 21.0. The highest BCUT2D eigenvalue weighted by molar-refractivity contribution is 7.92. The first kappa shape index (κ1) is 20.8.